The summed E-state index contributed by atoms with van der Waals surface area (Å²) in [5.74, 6) is -0.106. The lowest BCUT2D eigenvalue weighted by molar-refractivity contribution is -0.128. The van der Waals surface area contributed by atoms with Gasteiger partial charge >= 0.3 is 6.09 Å². The molecule has 1 aromatic rings. The topological polar surface area (TPSA) is 58.6 Å². The summed E-state index contributed by atoms with van der Waals surface area (Å²) in [4.78, 5) is 25.2. The molecule has 1 aliphatic rings. The third-order valence-corrected chi connectivity index (χ3v) is 3.16. The summed E-state index contributed by atoms with van der Waals surface area (Å²) in [7, 11) is 0. The molecule has 5 nitrogen and oxygen atoms in total. The first-order valence-corrected chi connectivity index (χ1v) is 6.47. The maximum Gasteiger partial charge on any atom is 0.410 e. The molecule has 1 fully saturated rings. The molecule has 0 unspecified atom stereocenters. The van der Waals surface area contributed by atoms with Crippen LogP contribution < -0.4 is 5.32 Å². The molecule has 1 atom stereocenters. The predicted octanol–water partition coefficient (Wildman–Crippen LogP) is 1.53. The van der Waals surface area contributed by atoms with Gasteiger partial charge in [-0.15, -0.1) is 0 Å². The first kappa shape index (κ1) is 13.4. The highest BCUT2D eigenvalue weighted by Crippen LogP contribution is 2.11. The van der Waals surface area contributed by atoms with Crippen molar-refractivity contribution in [1.29, 1.82) is 0 Å². The number of hydrogen-bond acceptors (Lipinski definition) is 3. The van der Waals surface area contributed by atoms with Gasteiger partial charge < -0.3 is 10.1 Å². The molecule has 0 aliphatic carbocycles. The molecule has 102 valence electrons. The average molecular weight is 262 g/mol. The van der Waals surface area contributed by atoms with E-state index in [1.807, 2.05) is 37.3 Å². The van der Waals surface area contributed by atoms with Gasteiger partial charge in [-0.25, -0.2) is 4.79 Å². The number of carbonyl (C=O) groups excluding carboxylic acids is 2. The molecule has 19 heavy (non-hydrogen) atoms. The van der Waals surface area contributed by atoms with Gasteiger partial charge in [0.05, 0.1) is 0 Å². The van der Waals surface area contributed by atoms with Crippen molar-refractivity contribution in [3.05, 3.63) is 35.9 Å². The molecule has 0 spiro atoms. The maximum absolute atomic E-state index is 12.0. The second-order valence-electron chi connectivity index (χ2n) is 4.45. The Labute approximate surface area is 112 Å². The summed E-state index contributed by atoms with van der Waals surface area (Å²) in [6, 6.07) is 9.07. The predicted molar refractivity (Wildman–Crippen MR) is 70.4 cm³/mol. The summed E-state index contributed by atoms with van der Waals surface area (Å²) < 4.78 is 5.25. The average Bonchev–Trinajstić information content (AvgIpc) is 2.45. The van der Waals surface area contributed by atoms with Crippen molar-refractivity contribution in [2.75, 3.05) is 13.1 Å². The van der Waals surface area contributed by atoms with Gasteiger partial charge in [-0.1, -0.05) is 37.3 Å². The van der Waals surface area contributed by atoms with Crippen molar-refractivity contribution < 1.29 is 14.3 Å². The van der Waals surface area contributed by atoms with E-state index in [2.05, 4.69) is 5.32 Å². The van der Waals surface area contributed by atoms with Crippen LogP contribution in [0.4, 0.5) is 4.79 Å². The Balaban J connectivity index is 1.93. The lowest BCUT2D eigenvalue weighted by Gasteiger charge is -2.33. The fourth-order valence-electron chi connectivity index (χ4n) is 2.14. The zero-order chi connectivity index (χ0) is 13.7. The van der Waals surface area contributed by atoms with Crippen molar-refractivity contribution in [2.45, 2.75) is 26.0 Å². The Kier molecular flexibility index (Phi) is 4.39. The smallest absolute Gasteiger partial charge is 0.410 e. The number of carbonyl (C=O) groups is 2. The third-order valence-electron chi connectivity index (χ3n) is 3.16. The number of hydrogen-bond donors (Lipinski definition) is 1. The van der Waals surface area contributed by atoms with Crippen LogP contribution in [0.25, 0.3) is 0 Å². The Morgan fingerprint density at radius 2 is 2.16 bits per heavy atom. The van der Waals surface area contributed by atoms with Gasteiger partial charge in [-0.3, -0.25) is 9.69 Å². The van der Waals surface area contributed by atoms with Crippen molar-refractivity contribution in [3.8, 4) is 0 Å². The van der Waals surface area contributed by atoms with Gasteiger partial charge in [-0.05, 0) is 12.0 Å². The van der Waals surface area contributed by atoms with Crippen LogP contribution in [0.2, 0.25) is 0 Å². The van der Waals surface area contributed by atoms with Crippen LogP contribution in [0.15, 0.2) is 30.3 Å². The van der Waals surface area contributed by atoms with Gasteiger partial charge in [0, 0.05) is 13.1 Å². The van der Waals surface area contributed by atoms with E-state index in [1.165, 1.54) is 4.90 Å². The summed E-state index contributed by atoms with van der Waals surface area (Å²) >= 11 is 0. The standard InChI is InChI=1S/C14H18N2O3/c1-2-12-13(17)15-8-9-16(12)14(18)19-10-11-6-4-3-5-7-11/h3-7,12H,2,8-10H2,1H3,(H,15,17)/t12-/m1/s1. The second-order valence-corrected chi connectivity index (χ2v) is 4.45. The molecular weight excluding hydrogens is 244 g/mol. The fourth-order valence-corrected chi connectivity index (χ4v) is 2.14. The van der Waals surface area contributed by atoms with Crippen LogP contribution in [0, 0.1) is 0 Å². The molecule has 0 saturated carbocycles. The molecule has 0 radical (unpaired) electrons. The fraction of sp³-hybridized carbons (Fsp3) is 0.429. The number of benzene rings is 1. The summed E-state index contributed by atoms with van der Waals surface area (Å²) in [6.45, 7) is 3.09. The molecule has 2 amide bonds. The zero-order valence-corrected chi connectivity index (χ0v) is 11.0. The molecular formula is C14H18N2O3. The summed E-state index contributed by atoms with van der Waals surface area (Å²) in [5.41, 5.74) is 0.936. The van der Waals surface area contributed by atoms with E-state index >= 15 is 0 Å². The van der Waals surface area contributed by atoms with Gasteiger partial charge in [-0.2, -0.15) is 0 Å². The van der Waals surface area contributed by atoms with E-state index in [4.69, 9.17) is 4.74 Å². The van der Waals surface area contributed by atoms with Gasteiger partial charge in [0.1, 0.15) is 12.6 Å². The van der Waals surface area contributed by atoms with E-state index in [0.717, 1.165) is 5.56 Å². The van der Waals surface area contributed by atoms with Gasteiger partial charge in [0.2, 0.25) is 5.91 Å². The van der Waals surface area contributed by atoms with Crippen LogP contribution >= 0.6 is 0 Å². The number of nitrogens with one attached hydrogen (secondary N) is 1. The molecule has 0 bridgehead atoms. The molecule has 1 N–H and O–H groups in total. The van der Waals surface area contributed by atoms with Crippen LogP contribution in [0.5, 0.6) is 0 Å². The monoisotopic (exact) mass is 262 g/mol. The van der Waals surface area contributed by atoms with Gasteiger partial charge in [0.15, 0.2) is 0 Å². The molecule has 1 aromatic carbocycles. The Morgan fingerprint density at radius 3 is 2.84 bits per heavy atom. The molecule has 5 heteroatoms. The Hall–Kier alpha value is -2.04. The van der Waals surface area contributed by atoms with E-state index < -0.39 is 12.1 Å². The second kappa shape index (κ2) is 6.22. The normalized spacial score (nSPS) is 18.9. The van der Waals surface area contributed by atoms with Crippen molar-refractivity contribution in [3.63, 3.8) is 0 Å². The third kappa shape index (κ3) is 3.24. The molecule has 1 aliphatic heterocycles. The number of piperazine rings is 1. The SMILES string of the molecule is CC[C@@H]1C(=O)NCCN1C(=O)OCc1ccccc1. The van der Waals surface area contributed by atoms with Crippen molar-refractivity contribution >= 4 is 12.0 Å². The van der Waals surface area contributed by atoms with Crippen molar-refractivity contribution in [1.82, 2.24) is 10.2 Å². The Morgan fingerprint density at radius 1 is 1.42 bits per heavy atom. The number of ether oxygens (including phenoxy) is 1. The molecule has 0 aromatic heterocycles. The van der Waals surface area contributed by atoms with Crippen LogP contribution in [-0.2, 0) is 16.1 Å². The summed E-state index contributed by atoms with van der Waals surface area (Å²) in [6.07, 6.45) is 0.164. The highest BCUT2D eigenvalue weighted by atomic mass is 16.6. The van der Waals surface area contributed by atoms with Crippen LogP contribution in [0.1, 0.15) is 18.9 Å². The molecule has 1 saturated heterocycles. The van der Waals surface area contributed by atoms with E-state index in [9.17, 15) is 9.59 Å². The largest absolute Gasteiger partial charge is 0.445 e. The quantitative estimate of drug-likeness (QED) is 0.898. The minimum Gasteiger partial charge on any atom is -0.445 e. The van der Waals surface area contributed by atoms with Crippen LogP contribution in [0.3, 0.4) is 0 Å². The summed E-state index contributed by atoms with van der Waals surface area (Å²) in [5, 5.41) is 2.75. The van der Waals surface area contributed by atoms with Crippen LogP contribution in [-0.4, -0.2) is 36.0 Å². The molecule has 2 rings (SSSR count). The van der Waals surface area contributed by atoms with E-state index in [-0.39, 0.29) is 12.5 Å². The number of nitrogens with zero attached hydrogens (tertiary/aromatic N) is 1. The first-order chi connectivity index (χ1) is 9.22. The zero-order valence-electron chi connectivity index (χ0n) is 11.0. The minimum atomic E-state index is -0.425. The first-order valence-electron chi connectivity index (χ1n) is 6.47. The lowest BCUT2D eigenvalue weighted by Crippen LogP contribution is -2.56. The minimum absolute atomic E-state index is 0.106. The van der Waals surface area contributed by atoms with E-state index in [1.54, 1.807) is 0 Å². The maximum atomic E-state index is 12.0. The van der Waals surface area contributed by atoms with E-state index in [0.29, 0.717) is 19.5 Å². The van der Waals surface area contributed by atoms with Gasteiger partial charge in [0.25, 0.3) is 0 Å². The molecule has 1 heterocycles. The highest BCUT2D eigenvalue weighted by molar-refractivity contribution is 5.86. The lowest BCUT2D eigenvalue weighted by atomic mass is 10.1. The number of amides is 2. The Bertz CT molecular complexity index is 447. The highest BCUT2D eigenvalue weighted by Gasteiger charge is 2.32. The number of rotatable bonds is 3. The van der Waals surface area contributed by atoms with Crippen molar-refractivity contribution in [2.24, 2.45) is 0 Å².